The molecule has 0 N–H and O–H groups in total. The van der Waals surface area contributed by atoms with E-state index in [1.165, 1.54) is 6.20 Å². The minimum Gasteiger partial charge on any atom is -0.343 e. The first-order valence-electron chi connectivity index (χ1n) is 3.41. The summed E-state index contributed by atoms with van der Waals surface area (Å²) >= 11 is 4.93. The third-order valence-electron chi connectivity index (χ3n) is 1.76. The lowest BCUT2D eigenvalue weighted by atomic mass is 10.1. The third-order valence-corrected chi connectivity index (χ3v) is 1.90. The van der Waals surface area contributed by atoms with E-state index in [0.29, 0.717) is 5.56 Å². The Labute approximate surface area is 75.5 Å². The van der Waals surface area contributed by atoms with Crippen molar-refractivity contribution in [2.24, 2.45) is 0 Å². The summed E-state index contributed by atoms with van der Waals surface area (Å²) in [4.78, 5) is 14.8. The molecule has 12 heavy (non-hydrogen) atoms. The molecule has 0 atom stereocenters. The molecule has 64 valence electrons. The van der Waals surface area contributed by atoms with Crippen molar-refractivity contribution >= 4 is 17.8 Å². The lowest BCUT2D eigenvalue weighted by Gasteiger charge is -2.02. The molecule has 0 amide bonds. The molecule has 1 aromatic rings. The maximum Gasteiger partial charge on any atom is 0.358 e. The summed E-state index contributed by atoms with van der Waals surface area (Å²) in [5.74, 6) is -0.564. The zero-order valence-electron chi connectivity index (χ0n) is 6.80. The second kappa shape index (κ2) is 3.54. The molecule has 1 rings (SSSR count). The Bertz CT molecular complexity index is 312. The number of hydrogen-bond donors (Lipinski definition) is 0. The third kappa shape index (κ3) is 1.56. The van der Waals surface area contributed by atoms with E-state index < -0.39 is 5.97 Å². The molecular weight excluding hydrogens is 178 g/mol. The first kappa shape index (κ1) is 9.00. The van der Waals surface area contributed by atoms with Crippen molar-refractivity contribution in [1.29, 1.82) is 0 Å². The number of carbonyl (C=O) groups excluding carboxylic acids is 1. The van der Waals surface area contributed by atoms with E-state index in [2.05, 4.69) is 9.27 Å². The van der Waals surface area contributed by atoms with Gasteiger partial charge in [-0.3, -0.25) is 4.98 Å². The van der Waals surface area contributed by atoms with Gasteiger partial charge in [0.05, 0.1) is 5.56 Å². The Morgan fingerprint density at radius 2 is 2.17 bits per heavy atom. The first-order valence-corrected chi connectivity index (χ1v) is 3.71. The van der Waals surface area contributed by atoms with Crippen molar-refractivity contribution in [3.63, 3.8) is 0 Å². The van der Waals surface area contributed by atoms with Gasteiger partial charge in [-0.25, -0.2) is 4.79 Å². The maximum absolute atomic E-state index is 11.0. The van der Waals surface area contributed by atoms with Crippen molar-refractivity contribution in [3.8, 4) is 0 Å². The first-order chi connectivity index (χ1) is 5.66. The predicted molar refractivity (Wildman–Crippen MR) is 45.0 cm³/mol. The Morgan fingerprint density at radius 3 is 2.75 bits per heavy atom. The van der Waals surface area contributed by atoms with Crippen molar-refractivity contribution < 1.29 is 9.08 Å². The van der Waals surface area contributed by atoms with E-state index in [-0.39, 0.29) is 0 Å². The van der Waals surface area contributed by atoms with Crippen LogP contribution in [0.3, 0.4) is 0 Å². The van der Waals surface area contributed by atoms with Crippen LogP contribution in [0.1, 0.15) is 21.5 Å². The number of aromatic nitrogens is 1. The molecule has 0 saturated carbocycles. The van der Waals surface area contributed by atoms with Gasteiger partial charge in [0.15, 0.2) is 0 Å². The molecule has 0 aliphatic rings. The predicted octanol–water partition coefficient (Wildman–Crippen LogP) is 2.01. The summed E-state index contributed by atoms with van der Waals surface area (Å²) in [6.45, 7) is 3.69. The molecule has 0 aliphatic carbocycles. The molecule has 1 aromatic heterocycles. The number of aryl methyl sites for hydroxylation is 1. The SMILES string of the molecule is Cc1cncc(C(=O)OCl)c1C. The molecule has 0 aromatic carbocycles. The normalized spacial score (nSPS) is 9.58. The van der Waals surface area contributed by atoms with Crippen LogP contribution >= 0.6 is 11.9 Å². The second-order valence-corrected chi connectivity index (χ2v) is 2.65. The average Bonchev–Trinajstić information content (AvgIpc) is 2.08. The van der Waals surface area contributed by atoms with Crippen LogP contribution in [-0.4, -0.2) is 11.0 Å². The van der Waals surface area contributed by atoms with Gasteiger partial charge >= 0.3 is 5.97 Å². The molecule has 0 saturated heterocycles. The number of carbonyl (C=O) groups is 1. The van der Waals surface area contributed by atoms with Crippen molar-refractivity contribution in [2.75, 3.05) is 0 Å². The van der Waals surface area contributed by atoms with Gasteiger partial charge in [-0.15, -0.1) is 0 Å². The van der Waals surface area contributed by atoms with Crippen molar-refractivity contribution in [1.82, 2.24) is 4.98 Å². The van der Waals surface area contributed by atoms with E-state index in [4.69, 9.17) is 11.9 Å². The quantitative estimate of drug-likeness (QED) is 0.672. The fraction of sp³-hybridized carbons (Fsp3) is 0.250. The molecule has 1 heterocycles. The van der Waals surface area contributed by atoms with Crippen LogP contribution in [-0.2, 0) is 4.29 Å². The average molecular weight is 186 g/mol. The van der Waals surface area contributed by atoms with Crippen LogP contribution in [0.15, 0.2) is 12.4 Å². The lowest BCUT2D eigenvalue weighted by Crippen LogP contribution is -2.03. The Balaban J connectivity index is 3.16. The summed E-state index contributed by atoms with van der Waals surface area (Å²) in [5, 5.41) is 0. The molecule has 4 heteroatoms. The topological polar surface area (TPSA) is 39.2 Å². The lowest BCUT2D eigenvalue weighted by molar-refractivity contribution is 0.0750. The van der Waals surface area contributed by atoms with E-state index in [9.17, 15) is 4.79 Å². The fourth-order valence-corrected chi connectivity index (χ4v) is 0.960. The monoisotopic (exact) mass is 185 g/mol. The number of hydrogen-bond acceptors (Lipinski definition) is 3. The minimum absolute atomic E-state index is 0.407. The maximum atomic E-state index is 11.0. The van der Waals surface area contributed by atoms with E-state index >= 15 is 0 Å². The molecule has 0 aliphatic heterocycles. The number of halogens is 1. The van der Waals surface area contributed by atoms with Crippen LogP contribution in [0.25, 0.3) is 0 Å². The van der Waals surface area contributed by atoms with Gasteiger partial charge in [0.2, 0.25) is 0 Å². The summed E-state index contributed by atoms with van der Waals surface area (Å²) in [6.07, 6.45) is 3.12. The highest BCUT2D eigenvalue weighted by Gasteiger charge is 2.11. The van der Waals surface area contributed by atoms with Gasteiger partial charge in [0.1, 0.15) is 11.9 Å². The minimum atomic E-state index is -0.564. The largest absolute Gasteiger partial charge is 0.358 e. The van der Waals surface area contributed by atoms with Crippen LogP contribution < -0.4 is 0 Å². The summed E-state index contributed by atoms with van der Waals surface area (Å²) < 4.78 is 4.07. The van der Waals surface area contributed by atoms with Crippen LogP contribution in [0.4, 0.5) is 0 Å². The molecule has 0 spiro atoms. The van der Waals surface area contributed by atoms with Crippen molar-refractivity contribution in [2.45, 2.75) is 13.8 Å². The molecular formula is C8H8ClNO2. The Kier molecular flexibility index (Phi) is 2.65. The van der Waals surface area contributed by atoms with Gasteiger partial charge in [-0.1, -0.05) is 0 Å². The van der Waals surface area contributed by atoms with Crippen LogP contribution in [0.5, 0.6) is 0 Å². The number of pyridine rings is 1. The molecule has 3 nitrogen and oxygen atoms in total. The van der Waals surface area contributed by atoms with E-state index in [1.807, 2.05) is 13.8 Å². The summed E-state index contributed by atoms with van der Waals surface area (Å²) in [5.41, 5.74) is 2.19. The Morgan fingerprint density at radius 1 is 1.50 bits per heavy atom. The zero-order valence-corrected chi connectivity index (χ0v) is 7.55. The Hall–Kier alpha value is -1.09. The summed E-state index contributed by atoms with van der Waals surface area (Å²) in [6, 6.07) is 0. The highest BCUT2D eigenvalue weighted by atomic mass is 35.5. The van der Waals surface area contributed by atoms with Gasteiger partial charge < -0.3 is 4.29 Å². The number of rotatable bonds is 1. The molecule has 0 bridgehead atoms. The van der Waals surface area contributed by atoms with Crippen LogP contribution in [0, 0.1) is 13.8 Å². The second-order valence-electron chi connectivity index (χ2n) is 2.49. The molecule has 0 fully saturated rings. The van der Waals surface area contributed by atoms with Crippen molar-refractivity contribution in [3.05, 3.63) is 29.1 Å². The fourth-order valence-electron chi connectivity index (χ4n) is 0.877. The molecule has 0 unspecified atom stereocenters. The van der Waals surface area contributed by atoms with Gasteiger partial charge in [-0.05, 0) is 25.0 Å². The van der Waals surface area contributed by atoms with E-state index in [0.717, 1.165) is 11.1 Å². The zero-order chi connectivity index (χ0) is 9.14. The van der Waals surface area contributed by atoms with Crippen LogP contribution in [0.2, 0.25) is 0 Å². The highest BCUT2D eigenvalue weighted by Crippen LogP contribution is 2.12. The highest BCUT2D eigenvalue weighted by molar-refractivity contribution is 6.16. The standard InChI is InChI=1S/C8H8ClNO2/c1-5-3-10-4-7(6(5)2)8(11)12-9/h3-4H,1-2H3. The van der Waals surface area contributed by atoms with E-state index in [1.54, 1.807) is 6.20 Å². The van der Waals surface area contributed by atoms with Gasteiger partial charge in [0, 0.05) is 12.4 Å². The smallest absolute Gasteiger partial charge is 0.343 e. The molecule has 0 radical (unpaired) electrons. The summed E-state index contributed by atoms with van der Waals surface area (Å²) in [7, 11) is 0. The van der Waals surface area contributed by atoms with Gasteiger partial charge in [-0.2, -0.15) is 0 Å². The number of nitrogens with zero attached hydrogens (tertiary/aromatic N) is 1. The van der Waals surface area contributed by atoms with Gasteiger partial charge in [0.25, 0.3) is 0 Å².